The molecule has 3 aromatic rings. The molecule has 0 radical (unpaired) electrons. The summed E-state index contributed by atoms with van der Waals surface area (Å²) in [6, 6.07) is 9.60. The Morgan fingerprint density at radius 3 is 2.81 bits per heavy atom. The third-order valence-corrected chi connectivity index (χ3v) is 5.64. The van der Waals surface area contributed by atoms with Gasteiger partial charge >= 0.3 is 0 Å². The maximum Gasteiger partial charge on any atom is 0.254 e. The standard InChI is InChI=1S/C23H26N6O2/c1-15(2)28-19-11-20(21-5-4-17-10-16(12-24)13-27-29(17)21)26-14-18(19)22(30)25-9-8-23(31)6-3-7-23/h4-5,10-11,13-15,31H,3,6-9H2,1-2H3,(H,25,30)(H,26,28). The summed E-state index contributed by atoms with van der Waals surface area (Å²) in [4.78, 5) is 17.3. The summed E-state index contributed by atoms with van der Waals surface area (Å²) < 4.78 is 1.72. The van der Waals surface area contributed by atoms with E-state index in [1.165, 1.54) is 6.20 Å². The van der Waals surface area contributed by atoms with Crippen LogP contribution in [0.2, 0.25) is 0 Å². The van der Waals surface area contributed by atoms with E-state index < -0.39 is 5.60 Å². The number of nitrogens with one attached hydrogen (secondary N) is 2. The van der Waals surface area contributed by atoms with Gasteiger partial charge in [0.2, 0.25) is 0 Å². The number of hydrogen-bond donors (Lipinski definition) is 3. The maximum atomic E-state index is 12.8. The molecule has 0 bridgehead atoms. The summed E-state index contributed by atoms with van der Waals surface area (Å²) in [6.07, 6.45) is 6.28. The monoisotopic (exact) mass is 418 g/mol. The van der Waals surface area contributed by atoms with Gasteiger partial charge in [0, 0.05) is 18.8 Å². The summed E-state index contributed by atoms with van der Waals surface area (Å²) in [5.41, 5.74) is 3.24. The van der Waals surface area contributed by atoms with Crippen molar-refractivity contribution in [1.82, 2.24) is 19.9 Å². The number of carbonyl (C=O) groups is 1. The molecule has 3 heterocycles. The number of nitriles is 1. The number of hydrogen-bond acceptors (Lipinski definition) is 6. The van der Waals surface area contributed by atoms with Crippen molar-refractivity contribution in [2.75, 3.05) is 11.9 Å². The van der Waals surface area contributed by atoms with Crippen LogP contribution in [0.1, 0.15) is 55.5 Å². The SMILES string of the molecule is CC(C)Nc1cc(-c2ccc3cc(C#N)cnn23)ncc1C(=O)NCCC1(O)CCC1. The van der Waals surface area contributed by atoms with Crippen LogP contribution in [-0.2, 0) is 0 Å². The topological polar surface area (TPSA) is 115 Å². The number of rotatable bonds is 7. The number of aliphatic hydroxyl groups is 1. The van der Waals surface area contributed by atoms with E-state index >= 15 is 0 Å². The maximum absolute atomic E-state index is 12.8. The summed E-state index contributed by atoms with van der Waals surface area (Å²) in [5.74, 6) is -0.220. The molecule has 1 fully saturated rings. The molecule has 160 valence electrons. The fraction of sp³-hybridized carbons (Fsp3) is 0.391. The summed E-state index contributed by atoms with van der Waals surface area (Å²) in [5, 5.41) is 29.9. The van der Waals surface area contributed by atoms with E-state index in [9.17, 15) is 9.90 Å². The van der Waals surface area contributed by atoms with Crippen LogP contribution in [0.5, 0.6) is 0 Å². The van der Waals surface area contributed by atoms with Gasteiger partial charge in [-0.2, -0.15) is 10.4 Å². The van der Waals surface area contributed by atoms with E-state index in [1.54, 1.807) is 16.8 Å². The first-order valence-electron chi connectivity index (χ1n) is 10.5. The van der Waals surface area contributed by atoms with Crippen molar-refractivity contribution in [2.24, 2.45) is 0 Å². The Kier molecular flexibility index (Phi) is 5.61. The highest BCUT2D eigenvalue weighted by Gasteiger charge is 2.33. The third-order valence-electron chi connectivity index (χ3n) is 5.64. The van der Waals surface area contributed by atoms with Crippen LogP contribution < -0.4 is 10.6 Å². The second kappa shape index (κ2) is 8.36. The number of amides is 1. The van der Waals surface area contributed by atoms with Crippen LogP contribution in [0.4, 0.5) is 5.69 Å². The first-order chi connectivity index (χ1) is 14.9. The molecule has 1 saturated carbocycles. The summed E-state index contributed by atoms with van der Waals surface area (Å²) in [6.45, 7) is 4.43. The third kappa shape index (κ3) is 4.37. The van der Waals surface area contributed by atoms with Crippen LogP contribution in [-0.4, -0.2) is 43.8 Å². The Labute approximate surface area is 180 Å². The van der Waals surface area contributed by atoms with E-state index in [4.69, 9.17) is 5.26 Å². The van der Waals surface area contributed by atoms with Crippen molar-refractivity contribution in [2.45, 2.75) is 51.2 Å². The average molecular weight is 419 g/mol. The van der Waals surface area contributed by atoms with Gasteiger partial charge in [-0.25, -0.2) is 4.52 Å². The van der Waals surface area contributed by atoms with Crippen LogP contribution in [0.3, 0.4) is 0 Å². The van der Waals surface area contributed by atoms with Crippen LogP contribution in [0, 0.1) is 11.3 Å². The molecule has 0 aromatic carbocycles. The molecule has 0 atom stereocenters. The van der Waals surface area contributed by atoms with Crippen molar-refractivity contribution in [1.29, 1.82) is 5.26 Å². The highest BCUT2D eigenvalue weighted by Crippen LogP contribution is 2.34. The lowest BCUT2D eigenvalue weighted by Gasteiger charge is -2.36. The Bertz CT molecular complexity index is 1160. The van der Waals surface area contributed by atoms with Crippen LogP contribution in [0.15, 0.2) is 36.7 Å². The Hall–Kier alpha value is -3.44. The molecule has 8 heteroatoms. The summed E-state index contributed by atoms with van der Waals surface area (Å²) in [7, 11) is 0. The number of fused-ring (bicyclic) bond motifs is 1. The minimum absolute atomic E-state index is 0.123. The van der Waals surface area contributed by atoms with Crippen LogP contribution in [0.25, 0.3) is 16.9 Å². The van der Waals surface area contributed by atoms with Gasteiger partial charge in [-0.15, -0.1) is 0 Å². The fourth-order valence-corrected chi connectivity index (χ4v) is 3.80. The van der Waals surface area contributed by atoms with Gasteiger partial charge in [0.05, 0.1) is 45.5 Å². The van der Waals surface area contributed by atoms with Gasteiger partial charge in [0.15, 0.2) is 0 Å². The predicted octanol–water partition coefficient (Wildman–Crippen LogP) is 3.12. The molecule has 31 heavy (non-hydrogen) atoms. The van der Waals surface area contributed by atoms with Crippen LogP contribution >= 0.6 is 0 Å². The molecule has 0 saturated heterocycles. The van der Waals surface area contributed by atoms with E-state index in [0.717, 1.165) is 30.5 Å². The van der Waals surface area contributed by atoms with E-state index in [1.807, 2.05) is 32.0 Å². The van der Waals surface area contributed by atoms with Gasteiger partial charge in [-0.1, -0.05) is 0 Å². The smallest absolute Gasteiger partial charge is 0.254 e. The molecular weight excluding hydrogens is 392 g/mol. The van der Waals surface area contributed by atoms with E-state index in [-0.39, 0.29) is 11.9 Å². The lowest BCUT2D eigenvalue weighted by molar-refractivity contribution is -0.0390. The molecule has 3 N–H and O–H groups in total. The first kappa shape index (κ1) is 20.8. The number of anilines is 1. The second-order valence-electron chi connectivity index (χ2n) is 8.41. The van der Waals surface area contributed by atoms with Crippen molar-refractivity contribution >= 4 is 17.1 Å². The van der Waals surface area contributed by atoms with Crippen molar-refractivity contribution < 1.29 is 9.90 Å². The van der Waals surface area contributed by atoms with Gasteiger partial charge in [0.25, 0.3) is 5.91 Å². The number of nitrogens with zero attached hydrogens (tertiary/aromatic N) is 4. The molecular formula is C23H26N6O2. The zero-order valence-corrected chi connectivity index (χ0v) is 17.7. The Morgan fingerprint density at radius 2 is 2.13 bits per heavy atom. The molecule has 0 unspecified atom stereocenters. The number of carbonyl (C=O) groups excluding carboxylic acids is 1. The quantitative estimate of drug-likeness (QED) is 0.543. The molecule has 0 spiro atoms. The normalized spacial score (nSPS) is 14.8. The minimum atomic E-state index is -0.622. The lowest BCUT2D eigenvalue weighted by atomic mass is 9.78. The fourth-order valence-electron chi connectivity index (χ4n) is 3.80. The van der Waals surface area contributed by atoms with E-state index in [0.29, 0.717) is 35.5 Å². The van der Waals surface area contributed by atoms with Gasteiger partial charge < -0.3 is 15.7 Å². The van der Waals surface area contributed by atoms with Crippen molar-refractivity contribution in [3.8, 4) is 17.5 Å². The molecule has 3 aromatic heterocycles. The highest BCUT2D eigenvalue weighted by atomic mass is 16.3. The van der Waals surface area contributed by atoms with Crippen molar-refractivity contribution in [3.63, 3.8) is 0 Å². The lowest BCUT2D eigenvalue weighted by Crippen LogP contribution is -2.40. The Morgan fingerprint density at radius 1 is 1.32 bits per heavy atom. The van der Waals surface area contributed by atoms with E-state index in [2.05, 4.69) is 26.8 Å². The molecule has 1 aliphatic rings. The van der Waals surface area contributed by atoms with Crippen molar-refractivity contribution in [3.05, 3.63) is 47.8 Å². The minimum Gasteiger partial charge on any atom is -0.390 e. The zero-order chi connectivity index (χ0) is 22.0. The molecule has 1 amide bonds. The molecule has 8 nitrogen and oxygen atoms in total. The largest absolute Gasteiger partial charge is 0.390 e. The van der Waals surface area contributed by atoms with Gasteiger partial charge in [-0.05, 0) is 63.8 Å². The average Bonchev–Trinajstić information content (AvgIpc) is 3.15. The second-order valence-corrected chi connectivity index (χ2v) is 8.41. The first-order valence-corrected chi connectivity index (χ1v) is 10.5. The zero-order valence-electron chi connectivity index (χ0n) is 17.7. The number of aromatic nitrogens is 3. The highest BCUT2D eigenvalue weighted by molar-refractivity contribution is 6.00. The molecule has 1 aliphatic carbocycles. The predicted molar refractivity (Wildman–Crippen MR) is 118 cm³/mol. The Balaban J connectivity index is 1.59. The number of pyridine rings is 1. The molecule has 4 rings (SSSR count). The van der Waals surface area contributed by atoms with Gasteiger partial charge in [-0.3, -0.25) is 9.78 Å². The molecule has 0 aliphatic heterocycles. The van der Waals surface area contributed by atoms with Gasteiger partial charge in [0.1, 0.15) is 6.07 Å². The summed E-state index contributed by atoms with van der Waals surface area (Å²) >= 11 is 0.